The number of para-hydroxylation sites is 1. The molecule has 1 aliphatic heterocycles. The number of fused-ring (bicyclic) bond motifs is 1. The number of H-pyrrole nitrogens is 1. The second kappa shape index (κ2) is 7.50. The highest BCUT2D eigenvalue weighted by molar-refractivity contribution is 7.89. The Kier molecular flexibility index (Phi) is 5.02. The molecule has 2 heterocycles. The van der Waals surface area contributed by atoms with Crippen LogP contribution in [0.25, 0.3) is 16.5 Å². The van der Waals surface area contributed by atoms with E-state index in [2.05, 4.69) is 17.1 Å². The van der Waals surface area contributed by atoms with Gasteiger partial charge in [0.15, 0.2) is 0 Å². The summed E-state index contributed by atoms with van der Waals surface area (Å²) in [5.74, 6) is -0.157. The fraction of sp³-hybridized carbons (Fsp3) is 0.227. The number of hydrogen-bond acceptors (Lipinski definition) is 3. The molecule has 0 bridgehead atoms. The molecule has 150 valence electrons. The van der Waals surface area contributed by atoms with Crippen LogP contribution in [0.5, 0.6) is 0 Å². The number of sulfonamides is 1. The molecular formula is C22H23N3O3S. The molecule has 0 saturated carbocycles. The number of amides is 1. The molecule has 1 N–H and O–H groups in total. The quantitative estimate of drug-likeness (QED) is 0.718. The molecule has 0 fully saturated rings. The van der Waals surface area contributed by atoms with Crippen molar-refractivity contribution in [3.8, 4) is 0 Å². The largest absolute Gasteiger partial charge is 0.361 e. The van der Waals surface area contributed by atoms with E-state index in [0.29, 0.717) is 18.7 Å². The summed E-state index contributed by atoms with van der Waals surface area (Å²) in [5.41, 5.74) is 3.87. The number of nitrogens with zero attached hydrogens (tertiary/aromatic N) is 2. The maximum atomic E-state index is 12.9. The van der Waals surface area contributed by atoms with Crippen LogP contribution in [-0.2, 0) is 10.0 Å². The molecule has 0 radical (unpaired) electrons. The molecule has 2 aromatic carbocycles. The van der Waals surface area contributed by atoms with Crippen molar-refractivity contribution in [2.75, 3.05) is 27.2 Å². The van der Waals surface area contributed by atoms with Crippen molar-refractivity contribution in [1.29, 1.82) is 0 Å². The van der Waals surface area contributed by atoms with E-state index < -0.39 is 10.0 Å². The van der Waals surface area contributed by atoms with E-state index in [1.807, 2.05) is 24.4 Å². The predicted molar refractivity (Wildman–Crippen MR) is 114 cm³/mol. The van der Waals surface area contributed by atoms with E-state index in [0.717, 1.165) is 16.2 Å². The number of carbonyl (C=O) groups is 1. The Bertz CT molecular complexity index is 1210. The Morgan fingerprint density at radius 2 is 1.90 bits per heavy atom. The highest BCUT2D eigenvalue weighted by Gasteiger charge is 2.23. The molecule has 3 aromatic rings. The summed E-state index contributed by atoms with van der Waals surface area (Å²) in [5, 5.41) is 1.18. The first kappa shape index (κ1) is 19.4. The number of carbonyl (C=O) groups excluding carboxylic acids is 1. The molecule has 0 aliphatic carbocycles. The second-order valence-electron chi connectivity index (χ2n) is 7.29. The van der Waals surface area contributed by atoms with Gasteiger partial charge in [-0.3, -0.25) is 4.79 Å². The van der Waals surface area contributed by atoms with Gasteiger partial charge in [0.2, 0.25) is 10.0 Å². The molecule has 0 unspecified atom stereocenters. The molecule has 7 heteroatoms. The molecule has 0 atom stereocenters. The number of nitrogens with one attached hydrogen (secondary N) is 1. The van der Waals surface area contributed by atoms with Gasteiger partial charge in [-0.15, -0.1) is 0 Å². The SMILES string of the molecule is CN(C)S(=O)(=O)c1cccc(C(=O)N2CC=C(c3c[nH]c4ccccc34)CC2)c1. The summed E-state index contributed by atoms with van der Waals surface area (Å²) in [7, 11) is -0.620. The average Bonchev–Trinajstić information content (AvgIpc) is 3.17. The number of benzene rings is 2. The smallest absolute Gasteiger partial charge is 0.254 e. The zero-order chi connectivity index (χ0) is 20.6. The molecule has 0 spiro atoms. The average molecular weight is 410 g/mol. The van der Waals surface area contributed by atoms with Crippen LogP contribution in [-0.4, -0.2) is 55.7 Å². The van der Waals surface area contributed by atoms with Crippen molar-refractivity contribution in [1.82, 2.24) is 14.2 Å². The minimum absolute atomic E-state index is 0.125. The van der Waals surface area contributed by atoms with Gasteiger partial charge in [-0.25, -0.2) is 12.7 Å². The van der Waals surface area contributed by atoms with E-state index in [-0.39, 0.29) is 10.8 Å². The van der Waals surface area contributed by atoms with E-state index in [9.17, 15) is 13.2 Å². The zero-order valence-corrected chi connectivity index (χ0v) is 17.2. The van der Waals surface area contributed by atoms with E-state index >= 15 is 0 Å². The molecule has 6 nitrogen and oxygen atoms in total. The minimum Gasteiger partial charge on any atom is -0.361 e. The third kappa shape index (κ3) is 3.59. The maximum absolute atomic E-state index is 12.9. The predicted octanol–water partition coefficient (Wildman–Crippen LogP) is 3.35. The van der Waals surface area contributed by atoms with Gasteiger partial charge in [0.25, 0.3) is 5.91 Å². The fourth-order valence-corrected chi connectivity index (χ4v) is 4.57. The van der Waals surface area contributed by atoms with Gasteiger partial charge in [-0.05, 0) is 36.3 Å². The van der Waals surface area contributed by atoms with Crippen molar-refractivity contribution in [3.63, 3.8) is 0 Å². The van der Waals surface area contributed by atoms with Gasteiger partial charge in [0.1, 0.15) is 0 Å². The van der Waals surface area contributed by atoms with Crippen molar-refractivity contribution < 1.29 is 13.2 Å². The Morgan fingerprint density at radius 3 is 2.62 bits per heavy atom. The van der Waals surface area contributed by atoms with Crippen molar-refractivity contribution in [2.24, 2.45) is 0 Å². The molecule has 1 aliphatic rings. The highest BCUT2D eigenvalue weighted by Crippen LogP contribution is 2.29. The highest BCUT2D eigenvalue weighted by atomic mass is 32.2. The fourth-order valence-electron chi connectivity index (χ4n) is 3.62. The van der Waals surface area contributed by atoms with Crippen LogP contribution in [0.4, 0.5) is 0 Å². The lowest BCUT2D eigenvalue weighted by Gasteiger charge is -2.27. The Hall–Kier alpha value is -2.90. The molecule has 4 rings (SSSR count). The number of rotatable bonds is 4. The number of aromatic nitrogens is 1. The van der Waals surface area contributed by atoms with Crippen LogP contribution >= 0.6 is 0 Å². The van der Waals surface area contributed by atoms with Gasteiger partial charge < -0.3 is 9.88 Å². The monoisotopic (exact) mass is 409 g/mol. The molecular weight excluding hydrogens is 386 g/mol. The third-order valence-electron chi connectivity index (χ3n) is 5.29. The van der Waals surface area contributed by atoms with Crippen LogP contribution < -0.4 is 0 Å². The Balaban J connectivity index is 1.55. The number of aromatic amines is 1. The zero-order valence-electron chi connectivity index (χ0n) is 16.4. The third-order valence-corrected chi connectivity index (χ3v) is 7.10. The normalized spacial score (nSPS) is 15.0. The Morgan fingerprint density at radius 1 is 1.10 bits per heavy atom. The van der Waals surface area contributed by atoms with Crippen LogP contribution in [0.15, 0.2) is 65.7 Å². The molecule has 0 saturated heterocycles. The lowest BCUT2D eigenvalue weighted by Crippen LogP contribution is -2.34. The summed E-state index contributed by atoms with van der Waals surface area (Å²) >= 11 is 0. The topological polar surface area (TPSA) is 73.5 Å². The van der Waals surface area contributed by atoms with E-state index in [4.69, 9.17) is 0 Å². The summed E-state index contributed by atoms with van der Waals surface area (Å²) < 4.78 is 25.9. The van der Waals surface area contributed by atoms with Crippen molar-refractivity contribution in [3.05, 3.63) is 71.9 Å². The maximum Gasteiger partial charge on any atom is 0.254 e. The molecule has 29 heavy (non-hydrogen) atoms. The van der Waals surface area contributed by atoms with Gasteiger partial charge >= 0.3 is 0 Å². The Labute approximate surface area is 170 Å². The van der Waals surface area contributed by atoms with Crippen molar-refractivity contribution in [2.45, 2.75) is 11.3 Å². The standard InChI is InChI=1S/C22H23N3O3S/c1-24(2)29(27,28)18-7-5-6-17(14-18)22(26)25-12-10-16(11-13-25)20-15-23-21-9-4-3-8-19(20)21/h3-10,14-15,23H,11-13H2,1-2H3. The van der Waals surface area contributed by atoms with Gasteiger partial charge in [-0.2, -0.15) is 0 Å². The van der Waals surface area contributed by atoms with Crippen LogP contribution in [0.2, 0.25) is 0 Å². The second-order valence-corrected chi connectivity index (χ2v) is 9.45. The summed E-state index contributed by atoms with van der Waals surface area (Å²) in [4.78, 5) is 18.1. The summed E-state index contributed by atoms with van der Waals surface area (Å²) in [6, 6.07) is 14.4. The van der Waals surface area contributed by atoms with Crippen molar-refractivity contribution >= 4 is 32.4 Å². The van der Waals surface area contributed by atoms with Crippen LogP contribution in [0, 0.1) is 0 Å². The summed E-state index contributed by atoms with van der Waals surface area (Å²) in [6.45, 7) is 1.09. The van der Waals surface area contributed by atoms with E-state index in [1.165, 1.54) is 42.8 Å². The number of hydrogen-bond donors (Lipinski definition) is 1. The first-order chi connectivity index (χ1) is 13.9. The van der Waals surface area contributed by atoms with Gasteiger partial charge in [-0.1, -0.05) is 30.3 Å². The van der Waals surface area contributed by atoms with E-state index in [1.54, 1.807) is 17.0 Å². The van der Waals surface area contributed by atoms with Crippen LogP contribution in [0.1, 0.15) is 22.3 Å². The summed E-state index contributed by atoms with van der Waals surface area (Å²) in [6.07, 6.45) is 4.85. The van der Waals surface area contributed by atoms with Gasteiger partial charge in [0.05, 0.1) is 4.90 Å². The first-order valence-electron chi connectivity index (χ1n) is 9.45. The lowest BCUT2D eigenvalue weighted by atomic mass is 9.98. The lowest BCUT2D eigenvalue weighted by molar-refractivity contribution is 0.0772. The molecule has 1 aromatic heterocycles. The molecule has 1 amide bonds. The first-order valence-corrected chi connectivity index (χ1v) is 10.9. The van der Waals surface area contributed by atoms with Crippen LogP contribution in [0.3, 0.4) is 0 Å². The van der Waals surface area contributed by atoms with Gasteiger partial charge in [0, 0.05) is 55.4 Å². The minimum atomic E-state index is -3.58.